The highest BCUT2D eigenvalue weighted by molar-refractivity contribution is 8.00. The van der Waals surface area contributed by atoms with E-state index in [-0.39, 0.29) is 18.4 Å². The SMILES string of the molecule is CSc1ccc(NC(=O)CN2CSCC2=O)cc1. The number of thioether (sulfide) groups is 2. The molecule has 1 heterocycles. The van der Waals surface area contributed by atoms with Crippen LogP contribution in [0.2, 0.25) is 0 Å². The molecule has 1 aliphatic heterocycles. The summed E-state index contributed by atoms with van der Waals surface area (Å²) in [7, 11) is 0. The van der Waals surface area contributed by atoms with Crippen LogP contribution in [0.5, 0.6) is 0 Å². The minimum absolute atomic E-state index is 0.0351. The van der Waals surface area contributed by atoms with E-state index in [4.69, 9.17) is 0 Å². The molecule has 1 saturated heterocycles. The Labute approximate surface area is 114 Å². The molecule has 0 aliphatic carbocycles. The van der Waals surface area contributed by atoms with E-state index >= 15 is 0 Å². The second kappa shape index (κ2) is 6.15. The summed E-state index contributed by atoms with van der Waals surface area (Å²) < 4.78 is 0. The van der Waals surface area contributed by atoms with Gasteiger partial charge < -0.3 is 10.2 Å². The molecule has 4 nitrogen and oxygen atoms in total. The summed E-state index contributed by atoms with van der Waals surface area (Å²) in [5.74, 6) is 0.975. The zero-order chi connectivity index (χ0) is 13.0. The Bertz CT molecular complexity index is 448. The van der Waals surface area contributed by atoms with E-state index < -0.39 is 0 Å². The first-order valence-electron chi connectivity index (χ1n) is 5.48. The molecule has 1 aliphatic rings. The van der Waals surface area contributed by atoms with Gasteiger partial charge >= 0.3 is 0 Å². The van der Waals surface area contributed by atoms with Gasteiger partial charge in [-0.15, -0.1) is 23.5 Å². The number of anilines is 1. The summed E-state index contributed by atoms with van der Waals surface area (Å²) in [4.78, 5) is 25.8. The zero-order valence-corrected chi connectivity index (χ0v) is 11.6. The fraction of sp³-hybridized carbons (Fsp3) is 0.333. The molecule has 6 heteroatoms. The molecule has 0 unspecified atom stereocenters. The van der Waals surface area contributed by atoms with Gasteiger partial charge in [-0.25, -0.2) is 0 Å². The van der Waals surface area contributed by atoms with Gasteiger partial charge in [-0.2, -0.15) is 0 Å². The molecule has 0 spiro atoms. The van der Waals surface area contributed by atoms with Crippen LogP contribution in [0.25, 0.3) is 0 Å². The van der Waals surface area contributed by atoms with Gasteiger partial charge in [0.1, 0.15) is 6.54 Å². The lowest BCUT2D eigenvalue weighted by Crippen LogP contribution is -2.34. The van der Waals surface area contributed by atoms with Crippen LogP contribution in [0, 0.1) is 0 Å². The molecule has 0 atom stereocenters. The molecule has 1 aromatic carbocycles. The number of hydrogen-bond donors (Lipinski definition) is 1. The van der Waals surface area contributed by atoms with Crippen molar-refractivity contribution in [2.24, 2.45) is 0 Å². The van der Waals surface area contributed by atoms with Crippen molar-refractivity contribution in [3.63, 3.8) is 0 Å². The van der Waals surface area contributed by atoms with Gasteiger partial charge in [0.2, 0.25) is 11.8 Å². The Morgan fingerprint density at radius 3 is 2.72 bits per heavy atom. The molecular weight excluding hydrogens is 268 g/mol. The van der Waals surface area contributed by atoms with Gasteiger partial charge in [0.25, 0.3) is 0 Å². The first-order valence-corrected chi connectivity index (χ1v) is 7.86. The quantitative estimate of drug-likeness (QED) is 0.857. The fourth-order valence-electron chi connectivity index (χ4n) is 1.59. The largest absolute Gasteiger partial charge is 0.325 e. The molecule has 18 heavy (non-hydrogen) atoms. The summed E-state index contributed by atoms with van der Waals surface area (Å²) in [5.41, 5.74) is 0.761. The van der Waals surface area contributed by atoms with Crippen LogP contribution in [0.4, 0.5) is 5.69 Å². The number of benzene rings is 1. The van der Waals surface area contributed by atoms with Gasteiger partial charge in [-0.3, -0.25) is 9.59 Å². The van der Waals surface area contributed by atoms with Crippen LogP contribution in [-0.4, -0.2) is 41.1 Å². The number of nitrogens with one attached hydrogen (secondary N) is 1. The molecular formula is C12H14N2O2S2. The Morgan fingerprint density at radius 2 is 2.17 bits per heavy atom. The smallest absolute Gasteiger partial charge is 0.244 e. The van der Waals surface area contributed by atoms with Gasteiger partial charge in [-0.05, 0) is 30.5 Å². The highest BCUT2D eigenvalue weighted by Gasteiger charge is 2.22. The summed E-state index contributed by atoms with van der Waals surface area (Å²) in [5, 5.41) is 2.79. The van der Waals surface area contributed by atoms with E-state index in [0.717, 1.165) is 10.6 Å². The second-order valence-corrected chi connectivity index (χ2v) is 5.68. The molecule has 2 amide bonds. The molecule has 1 N–H and O–H groups in total. The molecule has 0 radical (unpaired) electrons. The third-order valence-electron chi connectivity index (χ3n) is 2.53. The van der Waals surface area contributed by atoms with Crippen LogP contribution >= 0.6 is 23.5 Å². The standard InChI is InChI=1S/C12H14N2O2S2/c1-17-10-4-2-9(3-5-10)13-11(15)6-14-8-18-7-12(14)16/h2-5H,6-8H2,1H3,(H,13,15). The second-order valence-electron chi connectivity index (χ2n) is 3.85. The van der Waals surface area contributed by atoms with E-state index in [9.17, 15) is 9.59 Å². The minimum Gasteiger partial charge on any atom is -0.325 e. The van der Waals surface area contributed by atoms with Crippen molar-refractivity contribution in [1.82, 2.24) is 4.90 Å². The number of nitrogens with zero attached hydrogens (tertiary/aromatic N) is 1. The van der Waals surface area contributed by atoms with E-state index in [2.05, 4.69) is 5.32 Å². The summed E-state index contributed by atoms with van der Waals surface area (Å²) in [6.07, 6.45) is 2.00. The maximum atomic E-state index is 11.7. The van der Waals surface area contributed by atoms with Crippen molar-refractivity contribution in [2.45, 2.75) is 4.90 Å². The van der Waals surface area contributed by atoms with E-state index in [1.54, 1.807) is 16.7 Å². The lowest BCUT2D eigenvalue weighted by Gasteiger charge is -2.14. The highest BCUT2D eigenvalue weighted by Crippen LogP contribution is 2.18. The predicted molar refractivity (Wildman–Crippen MR) is 75.9 cm³/mol. The van der Waals surface area contributed by atoms with Gasteiger partial charge in [0.05, 0.1) is 11.6 Å². The van der Waals surface area contributed by atoms with Crippen molar-refractivity contribution in [3.8, 4) is 0 Å². The Hall–Kier alpha value is -1.14. The Kier molecular flexibility index (Phi) is 4.54. The molecule has 2 rings (SSSR count). The predicted octanol–water partition coefficient (Wildman–Crippen LogP) is 1.88. The number of carbonyl (C=O) groups excluding carboxylic acids is 2. The van der Waals surface area contributed by atoms with Crippen LogP contribution in [-0.2, 0) is 9.59 Å². The molecule has 1 aromatic rings. The topological polar surface area (TPSA) is 49.4 Å². The third kappa shape index (κ3) is 3.43. The molecule has 0 saturated carbocycles. The van der Waals surface area contributed by atoms with Gasteiger partial charge in [0.15, 0.2) is 0 Å². The monoisotopic (exact) mass is 282 g/mol. The van der Waals surface area contributed by atoms with Crippen molar-refractivity contribution in [2.75, 3.05) is 29.7 Å². The summed E-state index contributed by atoms with van der Waals surface area (Å²) in [6.45, 7) is 0.135. The lowest BCUT2D eigenvalue weighted by molar-refractivity contribution is -0.130. The van der Waals surface area contributed by atoms with Gasteiger partial charge in [-0.1, -0.05) is 0 Å². The van der Waals surface area contributed by atoms with Crippen molar-refractivity contribution in [3.05, 3.63) is 24.3 Å². The average Bonchev–Trinajstić information content (AvgIpc) is 2.76. The number of hydrogen-bond acceptors (Lipinski definition) is 4. The fourth-order valence-corrected chi connectivity index (χ4v) is 2.90. The molecule has 0 bridgehead atoms. The normalized spacial score (nSPS) is 14.9. The van der Waals surface area contributed by atoms with Crippen LogP contribution in [0.15, 0.2) is 29.2 Å². The Morgan fingerprint density at radius 1 is 1.44 bits per heavy atom. The van der Waals surface area contributed by atoms with E-state index in [1.807, 2.05) is 30.5 Å². The minimum atomic E-state index is -0.150. The molecule has 96 valence electrons. The Balaban J connectivity index is 1.88. The number of rotatable bonds is 4. The van der Waals surface area contributed by atoms with Gasteiger partial charge in [0, 0.05) is 10.6 Å². The highest BCUT2D eigenvalue weighted by atomic mass is 32.2. The third-order valence-corrected chi connectivity index (χ3v) is 4.22. The first kappa shape index (κ1) is 13.3. The van der Waals surface area contributed by atoms with E-state index in [1.165, 1.54) is 11.8 Å². The summed E-state index contributed by atoms with van der Waals surface area (Å²) >= 11 is 3.19. The summed E-state index contributed by atoms with van der Waals surface area (Å²) in [6, 6.07) is 7.64. The van der Waals surface area contributed by atoms with Crippen molar-refractivity contribution < 1.29 is 9.59 Å². The number of carbonyl (C=O) groups is 2. The average molecular weight is 282 g/mol. The molecule has 1 fully saturated rings. The maximum absolute atomic E-state index is 11.7. The van der Waals surface area contributed by atoms with E-state index in [0.29, 0.717) is 11.6 Å². The van der Waals surface area contributed by atoms with Crippen molar-refractivity contribution in [1.29, 1.82) is 0 Å². The van der Waals surface area contributed by atoms with Crippen LogP contribution in [0.1, 0.15) is 0 Å². The molecule has 0 aromatic heterocycles. The first-order chi connectivity index (χ1) is 8.69. The zero-order valence-electron chi connectivity index (χ0n) is 10.0. The van der Waals surface area contributed by atoms with Crippen LogP contribution in [0.3, 0.4) is 0 Å². The number of amides is 2. The van der Waals surface area contributed by atoms with Crippen LogP contribution < -0.4 is 5.32 Å². The maximum Gasteiger partial charge on any atom is 0.244 e. The lowest BCUT2D eigenvalue weighted by atomic mass is 10.3. The van der Waals surface area contributed by atoms with Crippen molar-refractivity contribution >= 4 is 41.0 Å².